The van der Waals surface area contributed by atoms with E-state index in [1.807, 2.05) is 12.1 Å². The molecule has 1 aliphatic rings. The zero-order valence-electron chi connectivity index (χ0n) is 18.2. The second-order valence-corrected chi connectivity index (χ2v) is 8.76. The standard InChI is InChI=1S/C27H25FN2O3/c28-20-8-10-24-22(14-20)23-15-21(9-11-25(23)30(24)16-27(32)33)29-26(31)12-6-17-5-7-18-3-1-2-4-19(18)13-17/h1-5,7-8,10,13-14,21H,6,9,11-12,15-16H2,(H,29,31)(H,32,33)/t21-/m0/s1. The first-order valence-corrected chi connectivity index (χ1v) is 11.3. The molecule has 6 heteroatoms. The normalized spacial score (nSPS) is 15.5. The molecule has 0 bridgehead atoms. The van der Waals surface area contributed by atoms with E-state index >= 15 is 0 Å². The topological polar surface area (TPSA) is 71.3 Å². The van der Waals surface area contributed by atoms with Crippen molar-refractivity contribution in [2.45, 2.75) is 44.7 Å². The van der Waals surface area contributed by atoms with Crippen LogP contribution < -0.4 is 5.32 Å². The molecule has 0 unspecified atom stereocenters. The Morgan fingerprint density at radius 2 is 1.88 bits per heavy atom. The molecule has 1 aromatic heterocycles. The number of aromatic nitrogens is 1. The number of halogens is 1. The first-order valence-electron chi connectivity index (χ1n) is 11.3. The fourth-order valence-electron chi connectivity index (χ4n) is 5.01. The van der Waals surface area contributed by atoms with Crippen molar-refractivity contribution in [3.05, 3.63) is 83.3 Å². The molecule has 5 rings (SSSR count). The highest BCUT2D eigenvalue weighted by molar-refractivity contribution is 5.88. The van der Waals surface area contributed by atoms with Crippen LogP contribution >= 0.6 is 0 Å². The number of nitrogens with one attached hydrogen (secondary N) is 1. The van der Waals surface area contributed by atoms with Crippen LogP contribution in [0, 0.1) is 5.82 Å². The van der Waals surface area contributed by atoms with E-state index in [-0.39, 0.29) is 24.3 Å². The highest BCUT2D eigenvalue weighted by Crippen LogP contribution is 2.33. The summed E-state index contributed by atoms with van der Waals surface area (Å²) in [5.74, 6) is -1.28. The van der Waals surface area contributed by atoms with E-state index in [1.165, 1.54) is 22.9 Å². The first kappa shape index (κ1) is 21.2. The number of amides is 1. The van der Waals surface area contributed by atoms with Crippen LogP contribution in [0.3, 0.4) is 0 Å². The van der Waals surface area contributed by atoms with Crippen LogP contribution in [-0.2, 0) is 35.4 Å². The molecule has 33 heavy (non-hydrogen) atoms. The van der Waals surface area contributed by atoms with Crippen molar-refractivity contribution >= 4 is 33.6 Å². The Morgan fingerprint density at radius 3 is 2.70 bits per heavy atom. The zero-order valence-corrected chi connectivity index (χ0v) is 18.2. The smallest absolute Gasteiger partial charge is 0.323 e. The Labute approximate surface area is 190 Å². The third-order valence-corrected chi connectivity index (χ3v) is 6.54. The van der Waals surface area contributed by atoms with Gasteiger partial charge in [-0.15, -0.1) is 0 Å². The van der Waals surface area contributed by atoms with Gasteiger partial charge in [0, 0.05) is 29.1 Å². The Kier molecular flexibility index (Phi) is 5.58. The van der Waals surface area contributed by atoms with Crippen molar-refractivity contribution in [3.63, 3.8) is 0 Å². The number of rotatable bonds is 6. The van der Waals surface area contributed by atoms with Gasteiger partial charge in [-0.3, -0.25) is 9.59 Å². The SMILES string of the molecule is O=C(O)Cn1c2c(c3cc(F)ccc31)C[C@@H](NC(=O)CCc1ccc3ccccc3c1)CC2. The van der Waals surface area contributed by atoms with Crippen LogP contribution in [0.25, 0.3) is 21.7 Å². The monoisotopic (exact) mass is 444 g/mol. The van der Waals surface area contributed by atoms with E-state index in [0.717, 1.165) is 34.1 Å². The lowest BCUT2D eigenvalue weighted by atomic mass is 9.91. The highest BCUT2D eigenvalue weighted by Gasteiger charge is 2.27. The van der Waals surface area contributed by atoms with Gasteiger partial charge in [0.1, 0.15) is 12.4 Å². The van der Waals surface area contributed by atoms with Crippen molar-refractivity contribution in [2.75, 3.05) is 0 Å². The van der Waals surface area contributed by atoms with Crippen LogP contribution in [0.2, 0.25) is 0 Å². The molecule has 0 saturated carbocycles. The molecule has 0 fully saturated rings. The van der Waals surface area contributed by atoms with Gasteiger partial charge in [-0.05, 0) is 65.8 Å². The number of fused-ring (bicyclic) bond motifs is 4. The molecule has 1 heterocycles. The highest BCUT2D eigenvalue weighted by atomic mass is 19.1. The maximum atomic E-state index is 13.9. The summed E-state index contributed by atoms with van der Waals surface area (Å²) in [5.41, 5.74) is 3.73. The average molecular weight is 445 g/mol. The molecule has 0 saturated heterocycles. The minimum atomic E-state index is -0.928. The van der Waals surface area contributed by atoms with Crippen LogP contribution in [0.15, 0.2) is 60.7 Å². The van der Waals surface area contributed by atoms with Gasteiger partial charge < -0.3 is 15.0 Å². The van der Waals surface area contributed by atoms with Gasteiger partial charge in [-0.25, -0.2) is 4.39 Å². The lowest BCUT2D eigenvalue weighted by Gasteiger charge is -2.25. The summed E-state index contributed by atoms with van der Waals surface area (Å²) in [6, 6.07) is 18.9. The van der Waals surface area contributed by atoms with Gasteiger partial charge >= 0.3 is 5.97 Å². The molecule has 1 atom stereocenters. The predicted octanol–water partition coefficient (Wildman–Crippen LogP) is 4.62. The van der Waals surface area contributed by atoms with E-state index in [4.69, 9.17) is 0 Å². The number of carbonyl (C=O) groups excluding carboxylic acids is 1. The molecule has 1 aliphatic carbocycles. The lowest BCUT2D eigenvalue weighted by Crippen LogP contribution is -2.39. The summed E-state index contributed by atoms with van der Waals surface area (Å²) in [7, 11) is 0. The van der Waals surface area contributed by atoms with E-state index < -0.39 is 5.97 Å². The second kappa shape index (κ2) is 8.70. The van der Waals surface area contributed by atoms with Crippen LogP contribution in [0.5, 0.6) is 0 Å². The van der Waals surface area contributed by atoms with E-state index in [2.05, 4.69) is 35.6 Å². The zero-order chi connectivity index (χ0) is 22.9. The van der Waals surface area contributed by atoms with Gasteiger partial charge in [-0.1, -0.05) is 42.5 Å². The molecule has 168 valence electrons. The van der Waals surface area contributed by atoms with Crippen molar-refractivity contribution in [2.24, 2.45) is 0 Å². The summed E-state index contributed by atoms with van der Waals surface area (Å²) in [6.07, 6.45) is 3.01. The van der Waals surface area contributed by atoms with E-state index in [1.54, 1.807) is 10.6 Å². The molecule has 3 aromatic carbocycles. The molecule has 0 radical (unpaired) electrons. The van der Waals surface area contributed by atoms with Crippen LogP contribution in [0.4, 0.5) is 4.39 Å². The third kappa shape index (κ3) is 4.33. The molecule has 4 aromatic rings. The fraction of sp³-hybridized carbons (Fsp3) is 0.259. The summed E-state index contributed by atoms with van der Waals surface area (Å²) in [6.45, 7) is -0.153. The van der Waals surface area contributed by atoms with Crippen molar-refractivity contribution < 1.29 is 19.1 Å². The Balaban J connectivity index is 1.28. The Morgan fingerprint density at radius 1 is 1.06 bits per heavy atom. The molecule has 1 amide bonds. The summed E-state index contributed by atoms with van der Waals surface area (Å²) in [5, 5.41) is 15.6. The van der Waals surface area contributed by atoms with Gasteiger partial charge in [0.25, 0.3) is 0 Å². The van der Waals surface area contributed by atoms with E-state index in [9.17, 15) is 19.1 Å². The number of benzene rings is 3. The molecular weight excluding hydrogens is 419 g/mol. The van der Waals surface area contributed by atoms with Gasteiger partial charge in [0.2, 0.25) is 5.91 Å². The van der Waals surface area contributed by atoms with Crippen LogP contribution in [-0.4, -0.2) is 27.6 Å². The number of carboxylic acid groups (broad SMARTS) is 1. The molecule has 0 aliphatic heterocycles. The van der Waals surface area contributed by atoms with Crippen molar-refractivity contribution in [3.8, 4) is 0 Å². The number of aryl methyl sites for hydroxylation is 1. The second-order valence-electron chi connectivity index (χ2n) is 8.76. The quantitative estimate of drug-likeness (QED) is 0.456. The number of hydrogen-bond acceptors (Lipinski definition) is 2. The first-order chi connectivity index (χ1) is 16.0. The summed E-state index contributed by atoms with van der Waals surface area (Å²) >= 11 is 0. The van der Waals surface area contributed by atoms with Crippen molar-refractivity contribution in [1.82, 2.24) is 9.88 Å². The van der Waals surface area contributed by atoms with Gasteiger partial charge in [0.15, 0.2) is 0 Å². The fourth-order valence-corrected chi connectivity index (χ4v) is 5.01. The number of aliphatic carboxylic acids is 1. The average Bonchev–Trinajstić information content (AvgIpc) is 3.09. The molecule has 2 N–H and O–H groups in total. The maximum absolute atomic E-state index is 13.9. The number of hydrogen-bond donors (Lipinski definition) is 2. The summed E-state index contributed by atoms with van der Waals surface area (Å²) in [4.78, 5) is 24.1. The van der Waals surface area contributed by atoms with Crippen LogP contribution in [0.1, 0.15) is 29.7 Å². The predicted molar refractivity (Wildman–Crippen MR) is 126 cm³/mol. The minimum absolute atomic E-state index is 0.00272. The van der Waals surface area contributed by atoms with E-state index in [0.29, 0.717) is 25.7 Å². The Bertz CT molecular complexity index is 1370. The largest absolute Gasteiger partial charge is 0.480 e. The number of nitrogens with zero attached hydrogens (tertiary/aromatic N) is 1. The maximum Gasteiger partial charge on any atom is 0.323 e. The van der Waals surface area contributed by atoms with Crippen molar-refractivity contribution in [1.29, 1.82) is 0 Å². The van der Waals surface area contributed by atoms with Gasteiger partial charge in [-0.2, -0.15) is 0 Å². The number of carbonyl (C=O) groups is 2. The third-order valence-electron chi connectivity index (χ3n) is 6.54. The molecular formula is C27H25FN2O3. The molecule has 5 nitrogen and oxygen atoms in total. The lowest BCUT2D eigenvalue weighted by molar-refractivity contribution is -0.137. The summed E-state index contributed by atoms with van der Waals surface area (Å²) < 4.78 is 15.7. The van der Waals surface area contributed by atoms with Gasteiger partial charge in [0.05, 0.1) is 0 Å². The Hall–Kier alpha value is -3.67. The minimum Gasteiger partial charge on any atom is -0.480 e. The molecule has 0 spiro atoms. The number of carboxylic acids is 1.